The number of carbonyl (C=O) groups is 3. The monoisotopic (exact) mass is 1050 g/mol. The van der Waals surface area contributed by atoms with Crippen molar-refractivity contribution in [2.45, 2.75) is 335 Å². The fourth-order valence-corrected chi connectivity index (χ4v) is 9.35. The summed E-state index contributed by atoms with van der Waals surface area (Å²) in [6, 6.07) is 0. The summed E-state index contributed by atoms with van der Waals surface area (Å²) < 4.78 is 16.8. The molecule has 0 saturated heterocycles. The molecule has 434 valence electrons. The molecule has 0 radical (unpaired) electrons. The first kappa shape index (κ1) is 71.8. The molecule has 0 bridgehead atoms. The fourth-order valence-electron chi connectivity index (χ4n) is 9.35. The van der Waals surface area contributed by atoms with E-state index in [1.807, 2.05) is 0 Å². The van der Waals surface area contributed by atoms with Crippen LogP contribution in [0.3, 0.4) is 0 Å². The van der Waals surface area contributed by atoms with Crippen LogP contribution in [0.25, 0.3) is 0 Å². The van der Waals surface area contributed by atoms with Gasteiger partial charge in [0.2, 0.25) is 0 Å². The smallest absolute Gasteiger partial charge is 0.306 e. The topological polar surface area (TPSA) is 78.9 Å². The van der Waals surface area contributed by atoms with E-state index in [9.17, 15) is 14.4 Å². The Labute approximate surface area is 465 Å². The number of allylic oxidation sites excluding steroid dienone is 12. The minimum atomic E-state index is -0.793. The van der Waals surface area contributed by atoms with Crippen molar-refractivity contribution in [2.75, 3.05) is 13.2 Å². The molecule has 0 aromatic heterocycles. The van der Waals surface area contributed by atoms with E-state index in [-0.39, 0.29) is 37.5 Å². The Balaban J connectivity index is 4.05. The number of ether oxygens (including phenoxy) is 3. The summed E-state index contributed by atoms with van der Waals surface area (Å²) >= 11 is 0. The second-order valence-corrected chi connectivity index (χ2v) is 21.6. The van der Waals surface area contributed by atoms with Gasteiger partial charge in [-0.15, -0.1) is 0 Å². The third-order valence-electron chi connectivity index (χ3n) is 14.2. The van der Waals surface area contributed by atoms with Gasteiger partial charge in [0.15, 0.2) is 6.10 Å². The van der Waals surface area contributed by atoms with Gasteiger partial charge in [-0.25, -0.2) is 0 Å². The summed E-state index contributed by atoms with van der Waals surface area (Å²) in [6.45, 7) is 6.49. The number of hydrogen-bond acceptors (Lipinski definition) is 6. The maximum atomic E-state index is 12.8. The standard InChI is InChI=1S/C69H122O6/c1-4-7-10-13-16-19-21-23-25-26-27-28-29-30-31-32-33-34-35-36-37-38-39-40-41-42-44-45-47-50-53-56-59-62-68(71)74-65-66(64-73-67(70)61-58-55-52-49-18-15-12-9-6-3)75-69(72)63-60-57-54-51-48-46-43-24-22-20-17-14-11-8-5-2/h8,11,17,20-21,23-24,26-27,43,48,51,66H,4-7,9-10,12-16,18-19,22,25,28-42,44-47,49-50,52-65H2,1-3H3/b11-8-,20-17-,23-21-,27-26-,43-24-,51-48-. The number of esters is 3. The molecule has 0 heterocycles. The largest absolute Gasteiger partial charge is 0.462 e. The average Bonchev–Trinajstić information content (AvgIpc) is 3.41. The van der Waals surface area contributed by atoms with Crippen molar-refractivity contribution >= 4 is 17.9 Å². The van der Waals surface area contributed by atoms with E-state index >= 15 is 0 Å². The molecule has 0 aromatic rings. The number of hydrogen-bond donors (Lipinski definition) is 0. The minimum absolute atomic E-state index is 0.0882. The maximum absolute atomic E-state index is 12.8. The average molecular weight is 1050 g/mol. The van der Waals surface area contributed by atoms with Gasteiger partial charge in [-0.1, -0.05) is 293 Å². The highest BCUT2D eigenvalue weighted by Gasteiger charge is 2.19. The van der Waals surface area contributed by atoms with Crippen LogP contribution in [0.1, 0.15) is 329 Å². The molecule has 0 saturated carbocycles. The van der Waals surface area contributed by atoms with E-state index in [2.05, 4.69) is 93.7 Å². The van der Waals surface area contributed by atoms with E-state index in [1.54, 1.807) is 0 Å². The van der Waals surface area contributed by atoms with Gasteiger partial charge in [0, 0.05) is 19.3 Å². The van der Waals surface area contributed by atoms with Gasteiger partial charge in [-0.2, -0.15) is 0 Å². The second-order valence-electron chi connectivity index (χ2n) is 21.6. The molecule has 1 atom stereocenters. The summed E-state index contributed by atoms with van der Waals surface area (Å²) in [6.07, 6.45) is 82.4. The predicted octanol–water partition coefficient (Wildman–Crippen LogP) is 22.1. The van der Waals surface area contributed by atoms with Crippen molar-refractivity contribution in [1.82, 2.24) is 0 Å². The van der Waals surface area contributed by atoms with E-state index in [0.717, 1.165) is 83.5 Å². The highest BCUT2D eigenvalue weighted by molar-refractivity contribution is 5.71. The third-order valence-corrected chi connectivity index (χ3v) is 14.2. The summed E-state index contributed by atoms with van der Waals surface area (Å²) in [4.78, 5) is 38.1. The highest BCUT2D eigenvalue weighted by atomic mass is 16.6. The lowest BCUT2D eigenvalue weighted by Crippen LogP contribution is -2.30. The second kappa shape index (κ2) is 63.4. The van der Waals surface area contributed by atoms with Gasteiger partial charge in [0.1, 0.15) is 13.2 Å². The zero-order chi connectivity index (χ0) is 54.3. The van der Waals surface area contributed by atoms with Crippen molar-refractivity contribution in [3.63, 3.8) is 0 Å². The van der Waals surface area contributed by atoms with Crippen LogP contribution in [0.15, 0.2) is 72.9 Å². The molecule has 0 aromatic carbocycles. The molecule has 6 heteroatoms. The van der Waals surface area contributed by atoms with Crippen molar-refractivity contribution in [3.8, 4) is 0 Å². The van der Waals surface area contributed by atoms with E-state index in [1.165, 1.54) is 199 Å². The first-order valence-corrected chi connectivity index (χ1v) is 32.4. The first-order valence-electron chi connectivity index (χ1n) is 32.4. The zero-order valence-electron chi connectivity index (χ0n) is 49.8. The maximum Gasteiger partial charge on any atom is 0.306 e. The normalized spacial score (nSPS) is 12.5. The molecule has 1 unspecified atom stereocenters. The van der Waals surface area contributed by atoms with Crippen molar-refractivity contribution in [2.24, 2.45) is 0 Å². The van der Waals surface area contributed by atoms with Gasteiger partial charge in [-0.05, 0) is 89.9 Å². The summed E-state index contributed by atoms with van der Waals surface area (Å²) in [5.74, 6) is -0.920. The molecule has 0 amide bonds. The lowest BCUT2D eigenvalue weighted by molar-refractivity contribution is -0.167. The highest BCUT2D eigenvalue weighted by Crippen LogP contribution is 2.17. The Kier molecular flexibility index (Phi) is 60.7. The summed E-state index contributed by atoms with van der Waals surface area (Å²) in [5, 5.41) is 0. The minimum Gasteiger partial charge on any atom is -0.462 e. The molecule has 0 rings (SSSR count). The van der Waals surface area contributed by atoms with Gasteiger partial charge in [-0.3, -0.25) is 14.4 Å². The molecule has 75 heavy (non-hydrogen) atoms. The first-order chi connectivity index (χ1) is 37.0. The van der Waals surface area contributed by atoms with Crippen LogP contribution in [-0.2, 0) is 28.6 Å². The van der Waals surface area contributed by atoms with Crippen LogP contribution >= 0.6 is 0 Å². The zero-order valence-corrected chi connectivity index (χ0v) is 49.8. The van der Waals surface area contributed by atoms with E-state index < -0.39 is 6.10 Å². The van der Waals surface area contributed by atoms with Crippen LogP contribution in [-0.4, -0.2) is 37.2 Å². The van der Waals surface area contributed by atoms with Crippen LogP contribution < -0.4 is 0 Å². The van der Waals surface area contributed by atoms with Gasteiger partial charge in [0.25, 0.3) is 0 Å². The molecule has 0 N–H and O–H groups in total. The molecule has 0 fully saturated rings. The van der Waals surface area contributed by atoms with Crippen molar-refractivity contribution in [3.05, 3.63) is 72.9 Å². The van der Waals surface area contributed by atoms with Crippen molar-refractivity contribution in [1.29, 1.82) is 0 Å². The summed E-state index contributed by atoms with van der Waals surface area (Å²) in [7, 11) is 0. The Hall–Kier alpha value is -3.15. The number of carbonyl (C=O) groups excluding carboxylic acids is 3. The van der Waals surface area contributed by atoms with Crippen LogP contribution in [0.2, 0.25) is 0 Å². The number of unbranched alkanes of at least 4 members (excludes halogenated alkanes) is 36. The fraction of sp³-hybridized carbons (Fsp3) is 0.783. The SMILES string of the molecule is CC/C=C\C/C=C\C/C=C\C/C=C\CCCCC(=O)OC(COC(=O)CCCCCCCCCCC)COC(=O)CCCCCCCCCCCCCCCCCCCCCCC/C=C\C/C=C\CCCCCCC. The van der Waals surface area contributed by atoms with E-state index in [4.69, 9.17) is 14.2 Å². The summed E-state index contributed by atoms with van der Waals surface area (Å²) in [5.41, 5.74) is 0. The van der Waals surface area contributed by atoms with Crippen LogP contribution in [0, 0.1) is 0 Å². The van der Waals surface area contributed by atoms with Gasteiger partial charge >= 0.3 is 17.9 Å². The quantitative estimate of drug-likeness (QED) is 0.0261. The van der Waals surface area contributed by atoms with Gasteiger partial charge in [0.05, 0.1) is 0 Å². The number of rotatable bonds is 59. The Morgan fingerprint density at radius 1 is 0.280 bits per heavy atom. The molecule has 0 aliphatic rings. The lowest BCUT2D eigenvalue weighted by atomic mass is 10.0. The Morgan fingerprint density at radius 2 is 0.520 bits per heavy atom. The third kappa shape index (κ3) is 61.6. The molecular weight excluding hydrogens is 925 g/mol. The molecular formula is C69H122O6. The Bertz CT molecular complexity index is 1390. The molecule has 6 nitrogen and oxygen atoms in total. The van der Waals surface area contributed by atoms with E-state index in [0.29, 0.717) is 19.3 Å². The van der Waals surface area contributed by atoms with Crippen LogP contribution in [0.4, 0.5) is 0 Å². The van der Waals surface area contributed by atoms with Crippen LogP contribution in [0.5, 0.6) is 0 Å². The molecule has 0 aliphatic heterocycles. The lowest BCUT2D eigenvalue weighted by Gasteiger charge is -2.18. The Morgan fingerprint density at radius 3 is 0.840 bits per heavy atom. The van der Waals surface area contributed by atoms with Gasteiger partial charge < -0.3 is 14.2 Å². The van der Waals surface area contributed by atoms with Crippen molar-refractivity contribution < 1.29 is 28.6 Å². The predicted molar refractivity (Wildman–Crippen MR) is 325 cm³/mol. The molecule has 0 aliphatic carbocycles. The molecule has 0 spiro atoms.